The molecule has 0 aliphatic rings. The van der Waals surface area contributed by atoms with E-state index in [-0.39, 0.29) is 24.1 Å². The standard InChI is InChI=1S/C20H24N2O3/c1-3-4-14-21(16(2)18-8-6-5-7-9-18)20(23)15-17-10-12-19(13-11-17)22(24)25/h5-13,16H,3-4,14-15H2,1-2H3/t16-/m0/s1. The fourth-order valence-electron chi connectivity index (χ4n) is 2.79. The van der Waals surface area contributed by atoms with Crippen LogP contribution >= 0.6 is 0 Å². The molecule has 0 radical (unpaired) electrons. The molecule has 0 aliphatic carbocycles. The largest absolute Gasteiger partial charge is 0.336 e. The number of nitrogens with zero attached hydrogens (tertiary/aromatic N) is 2. The molecule has 2 rings (SSSR count). The Balaban J connectivity index is 2.13. The number of amides is 1. The molecule has 0 fully saturated rings. The molecule has 0 N–H and O–H groups in total. The lowest BCUT2D eigenvalue weighted by atomic mass is 10.0. The minimum Gasteiger partial charge on any atom is -0.336 e. The van der Waals surface area contributed by atoms with Gasteiger partial charge >= 0.3 is 0 Å². The van der Waals surface area contributed by atoms with E-state index >= 15 is 0 Å². The van der Waals surface area contributed by atoms with Crippen LogP contribution in [0.4, 0.5) is 5.69 Å². The van der Waals surface area contributed by atoms with E-state index in [1.807, 2.05) is 42.2 Å². The fraction of sp³-hybridized carbons (Fsp3) is 0.350. The Morgan fingerprint density at radius 2 is 1.76 bits per heavy atom. The molecule has 2 aromatic carbocycles. The van der Waals surface area contributed by atoms with Crippen molar-refractivity contribution in [3.8, 4) is 0 Å². The zero-order valence-electron chi connectivity index (χ0n) is 14.7. The zero-order chi connectivity index (χ0) is 18.2. The first-order chi connectivity index (χ1) is 12.0. The monoisotopic (exact) mass is 340 g/mol. The number of hydrogen-bond donors (Lipinski definition) is 0. The first-order valence-electron chi connectivity index (χ1n) is 8.60. The average Bonchev–Trinajstić information content (AvgIpc) is 2.63. The first-order valence-corrected chi connectivity index (χ1v) is 8.60. The summed E-state index contributed by atoms with van der Waals surface area (Å²) in [4.78, 5) is 25.1. The molecular weight excluding hydrogens is 316 g/mol. The van der Waals surface area contributed by atoms with Crippen LogP contribution in [0.15, 0.2) is 54.6 Å². The van der Waals surface area contributed by atoms with E-state index < -0.39 is 4.92 Å². The van der Waals surface area contributed by atoms with E-state index in [2.05, 4.69) is 6.92 Å². The quantitative estimate of drug-likeness (QED) is 0.524. The molecule has 0 heterocycles. The molecule has 1 atom stereocenters. The highest BCUT2D eigenvalue weighted by Gasteiger charge is 2.21. The summed E-state index contributed by atoms with van der Waals surface area (Å²) in [6.07, 6.45) is 2.21. The lowest BCUT2D eigenvalue weighted by molar-refractivity contribution is -0.384. The first kappa shape index (κ1) is 18.6. The highest BCUT2D eigenvalue weighted by Crippen LogP contribution is 2.22. The molecular formula is C20H24N2O3. The van der Waals surface area contributed by atoms with Gasteiger partial charge in [0.2, 0.25) is 5.91 Å². The van der Waals surface area contributed by atoms with Crippen LogP contribution in [-0.4, -0.2) is 22.3 Å². The summed E-state index contributed by atoms with van der Waals surface area (Å²) in [5.74, 6) is 0.0404. The van der Waals surface area contributed by atoms with Crippen LogP contribution in [-0.2, 0) is 11.2 Å². The molecule has 0 bridgehead atoms. The maximum Gasteiger partial charge on any atom is 0.269 e. The highest BCUT2D eigenvalue weighted by molar-refractivity contribution is 5.79. The predicted octanol–water partition coefficient (Wildman–Crippen LogP) is 4.53. The predicted molar refractivity (Wildman–Crippen MR) is 98.3 cm³/mol. The molecule has 0 aliphatic heterocycles. The lowest BCUT2D eigenvalue weighted by Crippen LogP contribution is -2.35. The van der Waals surface area contributed by atoms with E-state index in [1.165, 1.54) is 12.1 Å². The molecule has 5 nitrogen and oxygen atoms in total. The Morgan fingerprint density at radius 3 is 2.32 bits per heavy atom. The Morgan fingerprint density at radius 1 is 1.12 bits per heavy atom. The van der Waals surface area contributed by atoms with Gasteiger partial charge in [0.05, 0.1) is 17.4 Å². The van der Waals surface area contributed by atoms with Crippen molar-refractivity contribution < 1.29 is 9.72 Å². The number of nitro benzene ring substituents is 1. The van der Waals surface area contributed by atoms with Crippen LogP contribution in [0.5, 0.6) is 0 Å². The van der Waals surface area contributed by atoms with Gasteiger partial charge in [-0.05, 0) is 24.5 Å². The van der Waals surface area contributed by atoms with Crippen LogP contribution in [0.1, 0.15) is 43.9 Å². The topological polar surface area (TPSA) is 63.5 Å². The lowest BCUT2D eigenvalue weighted by Gasteiger charge is -2.30. The van der Waals surface area contributed by atoms with E-state index in [4.69, 9.17) is 0 Å². The minimum atomic E-state index is -0.434. The SMILES string of the molecule is CCCCN(C(=O)Cc1ccc([N+](=O)[O-])cc1)[C@@H](C)c1ccccc1. The second-order valence-electron chi connectivity index (χ2n) is 6.13. The maximum absolute atomic E-state index is 12.8. The fourth-order valence-corrected chi connectivity index (χ4v) is 2.79. The molecule has 0 aromatic heterocycles. The molecule has 2 aromatic rings. The molecule has 0 spiro atoms. The number of unbranched alkanes of at least 4 members (excludes halogenated alkanes) is 1. The molecule has 5 heteroatoms. The summed E-state index contributed by atoms with van der Waals surface area (Å²) < 4.78 is 0. The van der Waals surface area contributed by atoms with Crippen molar-refractivity contribution in [3.05, 3.63) is 75.8 Å². The van der Waals surface area contributed by atoms with Gasteiger partial charge in [0.15, 0.2) is 0 Å². The number of rotatable bonds is 8. The Labute approximate surface area is 148 Å². The number of nitro groups is 1. The van der Waals surface area contributed by atoms with Gasteiger partial charge in [0.1, 0.15) is 0 Å². The third-order valence-electron chi connectivity index (χ3n) is 4.32. The van der Waals surface area contributed by atoms with Crippen LogP contribution in [0.3, 0.4) is 0 Å². The smallest absolute Gasteiger partial charge is 0.269 e. The molecule has 132 valence electrons. The zero-order valence-corrected chi connectivity index (χ0v) is 14.7. The Kier molecular flexibility index (Phi) is 6.69. The average molecular weight is 340 g/mol. The van der Waals surface area contributed by atoms with Crippen molar-refractivity contribution in [2.75, 3.05) is 6.54 Å². The van der Waals surface area contributed by atoms with E-state index in [9.17, 15) is 14.9 Å². The second kappa shape index (κ2) is 8.97. The molecule has 0 unspecified atom stereocenters. The summed E-state index contributed by atoms with van der Waals surface area (Å²) in [5.41, 5.74) is 1.93. The third kappa shape index (κ3) is 5.14. The van der Waals surface area contributed by atoms with Gasteiger partial charge in [-0.2, -0.15) is 0 Å². The highest BCUT2D eigenvalue weighted by atomic mass is 16.6. The van der Waals surface area contributed by atoms with Crippen molar-refractivity contribution in [3.63, 3.8) is 0 Å². The number of carbonyl (C=O) groups excluding carboxylic acids is 1. The van der Waals surface area contributed by atoms with E-state index in [0.29, 0.717) is 6.54 Å². The van der Waals surface area contributed by atoms with Gasteiger partial charge in [0, 0.05) is 18.7 Å². The van der Waals surface area contributed by atoms with Gasteiger partial charge < -0.3 is 4.90 Å². The van der Waals surface area contributed by atoms with Gasteiger partial charge in [-0.15, -0.1) is 0 Å². The summed E-state index contributed by atoms with van der Waals surface area (Å²) >= 11 is 0. The maximum atomic E-state index is 12.8. The van der Waals surface area contributed by atoms with Gasteiger partial charge in [-0.3, -0.25) is 14.9 Å². The summed E-state index contributed by atoms with van der Waals surface area (Å²) in [5, 5.41) is 10.7. The number of carbonyl (C=O) groups is 1. The minimum absolute atomic E-state index is 0.00158. The van der Waals surface area contributed by atoms with E-state index in [0.717, 1.165) is 24.0 Å². The summed E-state index contributed by atoms with van der Waals surface area (Å²) in [7, 11) is 0. The number of hydrogen-bond acceptors (Lipinski definition) is 3. The van der Waals surface area contributed by atoms with Gasteiger partial charge in [0.25, 0.3) is 5.69 Å². The van der Waals surface area contributed by atoms with E-state index in [1.54, 1.807) is 12.1 Å². The molecule has 0 saturated carbocycles. The molecule has 1 amide bonds. The second-order valence-corrected chi connectivity index (χ2v) is 6.13. The Hall–Kier alpha value is -2.69. The number of non-ortho nitro benzene ring substituents is 1. The molecule has 25 heavy (non-hydrogen) atoms. The van der Waals surface area contributed by atoms with Crippen molar-refractivity contribution in [2.24, 2.45) is 0 Å². The Bertz CT molecular complexity index is 699. The van der Waals surface area contributed by atoms with Crippen molar-refractivity contribution in [1.29, 1.82) is 0 Å². The summed E-state index contributed by atoms with van der Waals surface area (Å²) in [6, 6.07) is 16.2. The van der Waals surface area contributed by atoms with Crippen LogP contribution in [0.25, 0.3) is 0 Å². The van der Waals surface area contributed by atoms with Gasteiger partial charge in [-0.1, -0.05) is 55.8 Å². The number of benzene rings is 2. The van der Waals surface area contributed by atoms with Crippen molar-refractivity contribution >= 4 is 11.6 Å². The van der Waals surface area contributed by atoms with Crippen molar-refractivity contribution in [1.82, 2.24) is 4.90 Å². The van der Waals surface area contributed by atoms with Crippen molar-refractivity contribution in [2.45, 2.75) is 39.2 Å². The van der Waals surface area contributed by atoms with Gasteiger partial charge in [-0.25, -0.2) is 0 Å². The van der Waals surface area contributed by atoms with Crippen LogP contribution in [0.2, 0.25) is 0 Å². The third-order valence-corrected chi connectivity index (χ3v) is 4.32. The summed E-state index contributed by atoms with van der Waals surface area (Å²) in [6.45, 7) is 4.85. The molecule has 0 saturated heterocycles. The van der Waals surface area contributed by atoms with Crippen LogP contribution < -0.4 is 0 Å². The normalized spacial score (nSPS) is 11.8. The van der Waals surface area contributed by atoms with Crippen LogP contribution in [0, 0.1) is 10.1 Å².